The highest BCUT2D eigenvalue weighted by atomic mass is 32.1. The fourth-order valence-corrected chi connectivity index (χ4v) is 2.99. The van der Waals surface area contributed by atoms with Crippen LogP contribution in [-0.2, 0) is 0 Å². The number of thiol groups is 1. The molecule has 18 heavy (non-hydrogen) atoms. The van der Waals surface area contributed by atoms with Crippen LogP contribution in [0.25, 0.3) is 0 Å². The van der Waals surface area contributed by atoms with Crippen LogP contribution in [0.3, 0.4) is 0 Å². The predicted molar refractivity (Wildman–Crippen MR) is 77.0 cm³/mol. The molecule has 0 spiro atoms. The molecule has 0 N–H and O–H groups in total. The average Bonchev–Trinajstić information content (AvgIpc) is 2.69. The van der Waals surface area contributed by atoms with Crippen LogP contribution in [0.5, 0.6) is 0 Å². The molecule has 1 atom stereocenters. The summed E-state index contributed by atoms with van der Waals surface area (Å²) in [6.07, 6.45) is 1.12. The number of hydrogen-bond acceptors (Lipinski definition) is 3. The molecule has 0 radical (unpaired) electrons. The summed E-state index contributed by atoms with van der Waals surface area (Å²) < 4.78 is 0. The summed E-state index contributed by atoms with van der Waals surface area (Å²) in [6.45, 7) is 11.9. The lowest BCUT2D eigenvalue weighted by Gasteiger charge is -2.38. The number of rotatable bonds is 1. The molecule has 4 nitrogen and oxygen atoms in total. The van der Waals surface area contributed by atoms with E-state index in [2.05, 4.69) is 38.3 Å². The lowest BCUT2D eigenvalue weighted by Crippen LogP contribution is -2.53. The van der Waals surface area contributed by atoms with Gasteiger partial charge in [0.05, 0.1) is 5.37 Å². The number of amides is 2. The smallest absolute Gasteiger partial charge is 0.320 e. The van der Waals surface area contributed by atoms with Gasteiger partial charge in [-0.05, 0) is 18.8 Å². The zero-order valence-electron chi connectivity index (χ0n) is 11.7. The highest BCUT2D eigenvalue weighted by Gasteiger charge is 2.35. The van der Waals surface area contributed by atoms with Crippen molar-refractivity contribution >= 4 is 18.7 Å². The molecule has 0 aromatic carbocycles. The van der Waals surface area contributed by atoms with Crippen LogP contribution in [-0.4, -0.2) is 65.4 Å². The van der Waals surface area contributed by atoms with Gasteiger partial charge in [-0.2, -0.15) is 12.6 Å². The molecule has 2 amide bonds. The SMILES string of the molecule is CC(S)N1CCN(C(=O)N2CCC(C)(C)C2)CC1. The van der Waals surface area contributed by atoms with E-state index in [9.17, 15) is 4.79 Å². The molecule has 0 aromatic rings. The molecular formula is C13H25N3OS. The summed E-state index contributed by atoms with van der Waals surface area (Å²) in [4.78, 5) is 18.7. The van der Waals surface area contributed by atoms with Crippen LogP contribution >= 0.6 is 12.6 Å². The standard InChI is InChI=1S/C13H25N3OS/c1-11(18)14-6-8-15(9-7-14)12(17)16-5-4-13(2,3)10-16/h11,18H,4-10H2,1-3H3. The number of urea groups is 1. The minimum atomic E-state index is 0.229. The van der Waals surface area contributed by atoms with Gasteiger partial charge < -0.3 is 9.80 Å². The first-order valence-corrected chi connectivity index (χ1v) is 7.37. The number of carbonyl (C=O) groups excluding carboxylic acids is 1. The molecule has 0 aromatic heterocycles. The second kappa shape index (κ2) is 5.29. The van der Waals surface area contributed by atoms with Crippen LogP contribution in [0.15, 0.2) is 0 Å². The third kappa shape index (κ3) is 3.12. The second-order valence-corrected chi connectivity index (χ2v) is 7.02. The predicted octanol–water partition coefficient (Wildman–Crippen LogP) is 1.73. The van der Waals surface area contributed by atoms with Gasteiger partial charge in [0.1, 0.15) is 0 Å². The van der Waals surface area contributed by atoms with Crippen molar-refractivity contribution in [3.05, 3.63) is 0 Å². The van der Waals surface area contributed by atoms with Crippen molar-refractivity contribution in [3.63, 3.8) is 0 Å². The van der Waals surface area contributed by atoms with E-state index in [0.717, 1.165) is 45.7 Å². The number of nitrogens with zero attached hydrogens (tertiary/aromatic N) is 3. The first kappa shape index (κ1) is 14.0. The first-order valence-electron chi connectivity index (χ1n) is 6.85. The maximum Gasteiger partial charge on any atom is 0.320 e. The van der Waals surface area contributed by atoms with Crippen molar-refractivity contribution in [2.45, 2.75) is 32.6 Å². The normalized spacial score (nSPS) is 26.4. The van der Waals surface area contributed by atoms with Gasteiger partial charge in [-0.3, -0.25) is 4.90 Å². The van der Waals surface area contributed by atoms with Gasteiger partial charge in [0.2, 0.25) is 0 Å². The van der Waals surface area contributed by atoms with Crippen molar-refractivity contribution in [1.82, 2.24) is 14.7 Å². The van der Waals surface area contributed by atoms with Crippen LogP contribution in [0.4, 0.5) is 4.79 Å². The van der Waals surface area contributed by atoms with E-state index in [1.54, 1.807) is 0 Å². The molecular weight excluding hydrogens is 246 g/mol. The first-order chi connectivity index (χ1) is 8.39. The Hall–Kier alpha value is -0.420. The van der Waals surface area contributed by atoms with Gasteiger partial charge >= 0.3 is 6.03 Å². The molecule has 0 saturated carbocycles. The van der Waals surface area contributed by atoms with Crippen molar-refractivity contribution in [2.24, 2.45) is 5.41 Å². The van der Waals surface area contributed by atoms with E-state index >= 15 is 0 Å². The Labute approximate surface area is 116 Å². The van der Waals surface area contributed by atoms with E-state index in [0.29, 0.717) is 0 Å². The van der Waals surface area contributed by atoms with Crippen LogP contribution < -0.4 is 0 Å². The second-order valence-electron chi connectivity index (χ2n) is 6.27. The molecule has 2 aliphatic rings. The van der Waals surface area contributed by atoms with Crippen molar-refractivity contribution < 1.29 is 4.79 Å². The van der Waals surface area contributed by atoms with E-state index in [1.807, 2.05) is 9.80 Å². The quantitative estimate of drug-likeness (QED) is 0.735. The monoisotopic (exact) mass is 271 g/mol. The number of piperazine rings is 1. The number of carbonyl (C=O) groups is 1. The zero-order valence-corrected chi connectivity index (χ0v) is 12.6. The Morgan fingerprint density at radius 2 is 1.72 bits per heavy atom. The largest absolute Gasteiger partial charge is 0.324 e. The summed E-state index contributed by atoms with van der Waals surface area (Å²) in [7, 11) is 0. The summed E-state index contributed by atoms with van der Waals surface area (Å²) in [5.74, 6) is 0. The Bertz CT molecular complexity index is 311. The average molecular weight is 271 g/mol. The van der Waals surface area contributed by atoms with Crippen molar-refractivity contribution in [2.75, 3.05) is 39.3 Å². The fraction of sp³-hybridized carbons (Fsp3) is 0.923. The third-order valence-electron chi connectivity index (χ3n) is 4.06. The molecule has 2 saturated heterocycles. The molecule has 104 valence electrons. The molecule has 2 heterocycles. The molecule has 2 aliphatic heterocycles. The Balaban J connectivity index is 1.85. The zero-order chi connectivity index (χ0) is 13.3. The third-order valence-corrected chi connectivity index (χ3v) is 4.39. The highest BCUT2D eigenvalue weighted by molar-refractivity contribution is 7.80. The van der Waals surface area contributed by atoms with E-state index < -0.39 is 0 Å². The van der Waals surface area contributed by atoms with Gasteiger partial charge in [-0.15, -0.1) is 0 Å². The maximum atomic E-state index is 12.4. The van der Waals surface area contributed by atoms with Crippen LogP contribution in [0.1, 0.15) is 27.2 Å². The number of likely N-dealkylation sites (tertiary alicyclic amines) is 1. The maximum absolute atomic E-state index is 12.4. The molecule has 2 fully saturated rings. The van der Waals surface area contributed by atoms with E-state index in [4.69, 9.17) is 0 Å². The van der Waals surface area contributed by atoms with Crippen molar-refractivity contribution in [3.8, 4) is 0 Å². The minimum absolute atomic E-state index is 0.229. The van der Waals surface area contributed by atoms with E-state index in [-0.39, 0.29) is 16.8 Å². The summed E-state index contributed by atoms with van der Waals surface area (Å²) in [5.41, 5.74) is 0.289. The topological polar surface area (TPSA) is 26.8 Å². The molecule has 5 heteroatoms. The Morgan fingerprint density at radius 3 is 2.17 bits per heavy atom. The van der Waals surface area contributed by atoms with Crippen LogP contribution in [0.2, 0.25) is 0 Å². The molecule has 1 unspecified atom stereocenters. The fourth-order valence-electron chi connectivity index (χ4n) is 2.76. The lowest BCUT2D eigenvalue weighted by atomic mass is 9.93. The Morgan fingerprint density at radius 1 is 1.11 bits per heavy atom. The summed E-state index contributed by atoms with van der Waals surface area (Å²) in [6, 6.07) is 0.229. The summed E-state index contributed by atoms with van der Waals surface area (Å²) in [5, 5.41) is 0.285. The molecule has 2 rings (SSSR count). The molecule has 0 bridgehead atoms. The van der Waals surface area contributed by atoms with Gasteiger partial charge in [0.25, 0.3) is 0 Å². The van der Waals surface area contributed by atoms with E-state index in [1.165, 1.54) is 0 Å². The van der Waals surface area contributed by atoms with Gasteiger partial charge in [0, 0.05) is 39.3 Å². The lowest BCUT2D eigenvalue weighted by molar-refractivity contribution is 0.114. The minimum Gasteiger partial charge on any atom is -0.324 e. The number of hydrogen-bond donors (Lipinski definition) is 1. The Kier molecular flexibility index (Phi) is 4.11. The highest BCUT2D eigenvalue weighted by Crippen LogP contribution is 2.29. The van der Waals surface area contributed by atoms with Crippen LogP contribution in [0, 0.1) is 5.41 Å². The molecule has 0 aliphatic carbocycles. The van der Waals surface area contributed by atoms with Gasteiger partial charge in [-0.1, -0.05) is 13.8 Å². The summed E-state index contributed by atoms with van der Waals surface area (Å²) >= 11 is 4.44. The van der Waals surface area contributed by atoms with Crippen molar-refractivity contribution in [1.29, 1.82) is 0 Å². The van der Waals surface area contributed by atoms with Gasteiger partial charge in [-0.25, -0.2) is 4.79 Å². The van der Waals surface area contributed by atoms with Gasteiger partial charge in [0.15, 0.2) is 0 Å².